The second-order valence-corrected chi connectivity index (χ2v) is 10.1. The number of rotatable bonds is 5. The molecule has 0 aromatic rings. The van der Waals surface area contributed by atoms with Crippen LogP contribution in [0.25, 0.3) is 0 Å². The topological polar surface area (TPSA) is 35.5 Å². The van der Waals surface area contributed by atoms with Crippen molar-refractivity contribution in [3.8, 4) is 0 Å². The number of carbonyl (C=O) groups is 1. The van der Waals surface area contributed by atoms with Crippen molar-refractivity contribution in [2.75, 3.05) is 0 Å². The summed E-state index contributed by atoms with van der Waals surface area (Å²) in [4.78, 5) is 13.0. The van der Waals surface area contributed by atoms with Gasteiger partial charge < -0.3 is 9.31 Å². The van der Waals surface area contributed by atoms with E-state index in [0.717, 1.165) is 5.57 Å². The van der Waals surface area contributed by atoms with Gasteiger partial charge in [-0.3, -0.25) is 4.79 Å². The smallest absolute Gasteiger partial charge is 0.403 e. The van der Waals surface area contributed by atoms with Crippen molar-refractivity contribution in [1.29, 1.82) is 0 Å². The first kappa shape index (κ1) is 20.7. The number of allylic oxidation sites excluding steroid dienone is 2. The van der Waals surface area contributed by atoms with Gasteiger partial charge in [0.1, 0.15) is 0 Å². The molecule has 0 spiro atoms. The molecule has 0 bridgehead atoms. The van der Waals surface area contributed by atoms with Crippen molar-refractivity contribution in [2.45, 2.75) is 105 Å². The van der Waals surface area contributed by atoms with Crippen LogP contribution in [0, 0.1) is 11.3 Å². The Kier molecular flexibility index (Phi) is 6.26. The average Bonchev–Trinajstić information content (AvgIpc) is 2.65. The van der Waals surface area contributed by atoms with E-state index in [9.17, 15) is 4.79 Å². The lowest BCUT2D eigenvalue weighted by Crippen LogP contribution is -2.41. The van der Waals surface area contributed by atoms with Crippen molar-refractivity contribution in [3.05, 3.63) is 11.6 Å². The summed E-state index contributed by atoms with van der Waals surface area (Å²) in [7, 11) is -0.330. The SMILES string of the molecule is CC(C)(C)CC(=O)/C(=C/C1CCCCC1)CB1OC(C)(C)C(C)(C)O1. The van der Waals surface area contributed by atoms with Gasteiger partial charge in [-0.25, -0.2) is 0 Å². The summed E-state index contributed by atoms with van der Waals surface area (Å²) in [6, 6.07) is 0. The predicted molar refractivity (Wildman–Crippen MR) is 105 cm³/mol. The van der Waals surface area contributed by atoms with Crippen molar-refractivity contribution >= 4 is 12.9 Å². The molecule has 1 saturated carbocycles. The summed E-state index contributed by atoms with van der Waals surface area (Å²) < 4.78 is 12.3. The molecule has 1 saturated heterocycles. The van der Waals surface area contributed by atoms with Crippen LogP contribution >= 0.6 is 0 Å². The van der Waals surface area contributed by atoms with E-state index in [2.05, 4.69) is 54.5 Å². The highest BCUT2D eigenvalue weighted by Gasteiger charge is 2.51. The molecule has 2 fully saturated rings. The van der Waals surface area contributed by atoms with Gasteiger partial charge in [0, 0.05) is 12.7 Å². The Morgan fingerprint density at radius 2 is 1.56 bits per heavy atom. The summed E-state index contributed by atoms with van der Waals surface area (Å²) in [5.41, 5.74) is 0.223. The Hall–Kier alpha value is -0.605. The van der Waals surface area contributed by atoms with E-state index < -0.39 is 0 Å². The predicted octanol–water partition coefficient (Wildman–Crippen LogP) is 5.59. The normalized spacial score (nSPS) is 24.6. The van der Waals surface area contributed by atoms with Crippen molar-refractivity contribution in [1.82, 2.24) is 0 Å². The van der Waals surface area contributed by atoms with Crippen molar-refractivity contribution in [2.24, 2.45) is 11.3 Å². The molecule has 2 aliphatic rings. The Bertz CT molecular complexity index is 492. The summed E-state index contributed by atoms with van der Waals surface area (Å²) in [5, 5.41) is 0. The number of hydrogen-bond donors (Lipinski definition) is 0. The third-order valence-electron chi connectivity index (χ3n) is 5.82. The molecule has 2 rings (SSSR count). The average molecular weight is 348 g/mol. The molecule has 142 valence electrons. The second-order valence-electron chi connectivity index (χ2n) is 10.1. The van der Waals surface area contributed by atoms with Crippen LogP contribution in [0.5, 0.6) is 0 Å². The van der Waals surface area contributed by atoms with Crippen LogP contribution in [0.15, 0.2) is 11.6 Å². The van der Waals surface area contributed by atoms with Crippen LogP contribution in [-0.4, -0.2) is 24.1 Å². The van der Waals surface area contributed by atoms with Gasteiger partial charge in [0.15, 0.2) is 5.78 Å². The van der Waals surface area contributed by atoms with Crippen LogP contribution in [0.3, 0.4) is 0 Å². The third kappa shape index (κ3) is 5.69. The number of Topliss-reactive ketones (excluding diaryl/α,β-unsaturated/α-hetero) is 1. The third-order valence-corrected chi connectivity index (χ3v) is 5.82. The standard InChI is InChI=1S/C21H37BO3/c1-19(2,3)14-18(23)17(13-16-11-9-8-10-12-16)15-22-24-20(4,5)21(6,7)25-22/h13,16H,8-12,14-15H2,1-7H3/b17-13+. The van der Waals surface area contributed by atoms with Gasteiger partial charge in [0.2, 0.25) is 0 Å². The lowest BCUT2D eigenvalue weighted by atomic mass is 9.75. The minimum absolute atomic E-state index is 0.00132. The first-order valence-corrected chi connectivity index (χ1v) is 9.99. The molecule has 1 aliphatic heterocycles. The molecule has 0 aromatic carbocycles. The number of hydrogen-bond acceptors (Lipinski definition) is 3. The maximum absolute atomic E-state index is 13.0. The molecule has 1 heterocycles. The Morgan fingerprint density at radius 3 is 2.04 bits per heavy atom. The van der Waals surface area contributed by atoms with E-state index in [1.165, 1.54) is 32.1 Å². The maximum atomic E-state index is 13.0. The highest BCUT2D eigenvalue weighted by atomic mass is 16.7. The maximum Gasteiger partial charge on any atom is 0.462 e. The van der Waals surface area contributed by atoms with Gasteiger partial charge in [0.25, 0.3) is 0 Å². The lowest BCUT2D eigenvalue weighted by Gasteiger charge is -2.32. The molecule has 1 aliphatic carbocycles. The van der Waals surface area contributed by atoms with Gasteiger partial charge in [-0.05, 0) is 57.4 Å². The zero-order chi connectivity index (χ0) is 18.9. The molecular weight excluding hydrogens is 311 g/mol. The van der Waals surface area contributed by atoms with Crippen LogP contribution in [0.4, 0.5) is 0 Å². The second kappa shape index (κ2) is 7.56. The molecule has 0 N–H and O–H groups in total. The fourth-order valence-corrected chi connectivity index (χ4v) is 3.68. The molecular formula is C21H37BO3. The van der Waals surface area contributed by atoms with Crippen LogP contribution < -0.4 is 0 Å². The molecule has 3 nitrogen and oxygen atoms in total. The van der Waals surface area contributed by atoms with Crippen LogP contribution in [0.2, 0.25) is 6.32 Å². The quantitative estimate of drug-likeness (QED) is 0.480. The summed E-state index contributed by atoms with van der Waals surface area (Å²) >= 11 is 0. The Morgan fingerprint density at radius 1 is 1.04 bits per heavy atom. The lowest BCUT2D eigenvalue weighted by molar-refractivity contribution is -0.117. The van der Waals surface area contributed by atoms with E-state index in [4.69, 9.17) is 9.31 Å². The summed E-state index contributed by atoms with van der Waals surface area (Å²) in [5.74, 6) is 0.794. The van der Waals surface area contributed by atoms with E-state index in [1.54, 1.807) is 0 Å². The first-order chi connectivity index (χ1) is 11.4. The zero-order valence-electron chi connectivity index (χ0n) is 17.4. The molecule has 0 aromatic heterocycles. The van der Waals surface area contributed by atoms with E-state index in [0.29, 0.717) is 18.7 Å². The van der Waals surface area contributed by atoms with Gasteiger partial charge >= 0.3 is 7.12 Å². The summed E-state index contributed by atoms with van der Waals surface area (Å²) in [6.45, 7) is 14.6. The Balaban J connectivity index is 2.14. The van der Waals surface area contributed by atoms with E-state index in [-0.39, 0.29) is 29.5 Å². The largest absolute Gasteiger partial charge is 0.462 e. The number of ketones is 1. The van der Waals surface area contributed by atoms with E-state index in [1.807, 2.05) is 0 Å². The van der Waals surface area contributed by atoms with Crippen LogP contribution in [0.1, 0.15) is 87.0 Å². The van der Waals surface area contributed by atoms with Gasteiger partial charge in [0.05, 0.1) is 11.2 Å². The molecule has 0 amide bonds. The Labute approximate surface area is 155 Å². The minimum Gasteiger partial charge on any atom is -0.403 e. The molecule has 4 heteroatoms. The first-order valence-electron chi connectivity index (χ1n) is 9.99. The van der Waals surface area contributed by atoms with E-state index >= 15 is 0 Å². The fourth-order valence-electron chi connectivity index (χ4n) is 3.68. The zero-order valence-corrected chi connectivity index (χ0v) is 17.4. The monoisotopic (exact) mass is 348 g/mol. The van der Waals surface area contributed by atoms with Crippen LogP contribution in [-0.2, 0) is 14.1 Å². The molecule has 0 atom stereocenters. The van der Waals surface area contributed by atoms with Gasteiger partial charge in [-0.1, -0.05) is 46.1 Å². The molecule has 25 heavy (non-hydrogen) atoms. The molecule has 0 unspecified atom stereocenters. The minimum atomic E-state index is -0.347. The van der Waals surface area contributed by atoms with Crippen molar-refractivity contribution in [3.63, 3.8) is 0 Å². The fraction of sp³-hybridized carbons (Fsp3) is 0.857. The highest BCUT2D eigenvalue weighted by Crippen LogP contribution is 2.39. The van der Waals surface area contributed by atoms with Crippen molar-refractivity contribution < 1.29 is 14.1 Å². The summed E-state index contributed by atoms with van der Waals surface area (Å²) in [6.07, 6.45) is 9.68. The number of carbonyl (C=O) groups excluding carboxylic acids is 1. The molecule has 0 radical (unpaired) electrons. The van der Waals surface area contributed by atoms with Gasteiger partial charge in [-0.2, -0.15) is 0 Å². The van der Waals surface area contributed by atoms with Gasteiger partial charge in [-0.15, -0.1) is 0 Å². The highest BCUT2D eigenvalue weighted by molar-refractivity contribution is 6.47.